The molecule has 0 amide bonds. The number of nitrogen functional groups attached to an aromatic ring is 1. The Bertz CT molecular complexity index is 808. The highest BCUT2D eigenvalue weighted by Gasteiger charge is 2.21. The van der Waals surface area contributed by atoms with Crippen LogP contribution in [0.4, 0.5) is 19.0 Å². The Hall–Kier alpha value is -2.64. The van der Waals surface area contributed by atoms with Gasteiger partial charge in [0.2, 0.25) is 0 Å². The molecule has 0 aliphatic heterocycles. The van der Waals surface area contributed by atoms with Crippen LogP contribution in [0.1, 0.15) is 18.1 Å². The highest BCUT2D eigenvalue weighted by atomic mass is 19.3. The van der Waals surface area contributed by atoms with Gasteiger partial charge in [0.25, 0.3) is 6.43 Å². The van der Waals surface area contributed by atoms with Crippen molar-refractivity contribution in [3.8, 4) is 5.82 Å². The third-order valence-corrected chi connectivity index (χ3v) is 2.91. The first-order chi connectivity index (χ1) is 9.95. The van der Waals surface area contributed by atoms with Gasteiger partial charge >= 0.3 is 0 Å². The molecule has 108 valence electrons. The number of aromatic nitrogens is 4. The first kappa shape index (κ1) is 13.3. The fourth-order valence-electron chi connectivity index (χ4n) is 2.14. The number of hydrogen-bond acceptors (Lipinski definition) is 4. The highest BCUT2D eigenvalue weighted by molar-refractivity contribution is 5.78. The molecule has 0 fully saturated rings. The second kappa shape index (κ2) is 4.72. The Morgan fingerprint density at radius 3 is 2.57 bits per heavy atom. The molecule has 5 nitrogen and oxygen atoms in total. The average Bonchev–Trinajstić information content (AvgIpc) is 2.76. The Morgan fingerprint density at radius 1 is 1.14 bits per heavy atom. The molecular weight excluding hydrogens is 283 g/mol. The Labute approximate surface area is 117 Å². The van der Waals surface area contributed by atoms with Crippen LogP contribution in [0.5, 0.6) is 0 Å². The lowest BCUT2D eigenvalue weighted by Crippen LogP contribution is -2.07. The first-order valence-corrected chi connectivity index (χ1v) is 6.03. The Kier molecular flexibility index (Phi) is 3.00. The van der Waals surface area contributed by atoms with Crippen LogP contribution in [0.15, 0.2) is 24.3 Å². The molecule has 3 rings (SSSR count). The van der Waals surface area contributed by atoms with E-state index in [0.29, 0.717) is 5.82 Å². The fraction of sp³-hybridized carbons (Fsp3) is 0.154. The molecule has 0 saturated carbocycles. The van der Waals surface area contributed by atoms with Gasteiger partial charge in [-0.15, -0.1) is 0 Å². The van der Waals surface area contributed by atoms with Gasteiger partial charge in [-0.3, -0.25) is 4.57 Å². The van der Waals surface area contributed by atoms with Gasteiger partial charge in [-0.1, -0.05) is 0 Å². The maximum absolute atomic E-state index is 13.4. The Balaban J connectivity index is 2.38. The number of aryl methyl sites for hydroxylation is 1. The Morgan fingerprint density at radius 2 is 1.90 bits per heavy atom. The molecule has 0 atom stereocenters. The average molecular weight is 293 g/mol. The van der Waals surface area contributed by atoms with Crippen LogP contribution in [0.25, 0.3) is 16.9 Å². The van der Waals surface area contributed by atoms with Gasteiger partial charge in [0.05, 0.1) is 11.0 Å². The van der Waals surface area contributed by atoms with Gasteiger partial charge in [-0.25, -0.2) is 28.1 Å². The summed E-state index contributed by atoms with van der Waals surface area (Å²) in [6, 6.07) is 4.96. The molecular formula is C13H10F3N5. The van der Waals surface area contributed by atoms with Crippen molar-refractivity contribution >= 4 is 16.9 Å². The van der Waals surface area contributed by atoms with Crippen LogP contribution in [0, 0.1) is 12.7 Å². The second-order valence-electron chi connectivity index (χ2n) is 4.44. The molecule has 8 heteroatoms. The molecule has 2 heterocycles. The van der Waals surface area contributed by atoms with E-state index < -0.39 is 18.1 Å². The third-order valence-electron chi connectivity index (χ3n) is 2.91. The SMILES string of the molecule is Cc1nc(N)cc(-n2c(C(F)F)nc3ccc(F)cc32)n1. The number of hydrogen-bond donors (Lipinski definition) is 1. The predicted molar refractivity (Wildman–Crippen MR) is 70.7 cm³/mol. The molecule has 3 aromatic rings. The number of imidazole rings is 1. The van der Waals surface area contributed by atoms with Crippen molar-refractivity contribution in [1.82, 2.24) is 19.5 Å². The van der Waals surface area contributed by atoms with Crippen LogP contribution < -0.4 is 5.73 Å². The predicted octanol–water partition coefficient (Wildman–Crippen LogP) is 2.78. The molecule has 0 radical (unpaired) electrons. The third kappa shape index (κ3) is 2.28. The first-order valence-electron chi connectivity index (χ1n) is 6.03. The zero-order chi connectivity index (χ0) is 15.1. The van der Waals surface area contributed by atoms with Crippen molar-refractivity contribution in [2.75, 3.05) is 5.73 Å². The molecule has 0 unspecified atom stereocenters. The lowest BCUT2D eigenvalue weighted by Gasteiger charge is -2.09. The molecule has 0 aliphatic carbocycles. The lowest BCUT2D eigenvalue weighted by atomic mass is 10.3. The summed E-state index contributed by atoms with van der Waals surface area (Å²) in [5.41, 5.74) is 6.07. The van der Waals surface area contributed by atoms with Gasteiger partial charge in [0.1, 0.15) is 23.3 Å². The van der Waals surface area contributed by atoms with E-state index in [4.69, 9.17) is 5.73 Å². The molecule has 0 saturated heterocycles. The molecule has 21 heavy (non-hydrogen) atoms. The van der Waals surface area contributed by atoms with Crippen LogP contribution in [-0.2, 0) is 0 Å². The van der Waals surface area contributed by atoms with E-state index in [-0.39, 0.29) is 22.7 Å². The number of nitrogens with zero attached hydrogens (tertiary/aromatic N) is 4. The molecule has 0 bridgehead atoms. The summed E-state index contributed by atoms with van der Waals surface area (Å²) >= 11 is 0. The number of nitrogens with two attached hydrogens (primary N) is 1. The largest absolute Gasteiger partial charge is 0.384 e. The van der Waals surface area contributed by atoms with Crippen LogP contribution in [0.3, 0.4) is 0 Å². The molecule has 2 N–H and O–H groups in total. The number of fused-ring (bicyclic) bond motifs is 1. The van der Waals surface area contributed by atoms with Crippen molar-refractivity contribution in [2.24, 2.45) is 0 Å². The summed E-state index contributed by atoms with van der Waals surface area (Å²) < 4.78 is 40.9. The van der Waals surface area contributed by atoms with E-state index in [1.54, 1.807) is 6.92 Å². The molecule has 1 aromatic carbocycles. The standard InChI is InChI=1S/C13H10F3N5/c1-6-18-10(17)5-11(19-6)21-9-4-7(14)2-3-8(9)20-13(21)12(15)16/h2-5,12H,1H3,(H2,17,18,19). The summed E-state index contributed by atoms with van der Waals surface area (Å²) in [6.07, 6.45) is -2.84. The van der Waals surface area contributed by atoms with Crippen LogP contribution >= 0.6 is 0 Å². The van der Waals surface area contributed by atoms with E-state index in [1.807, 2.05) is 0 Å². The smallest absolute Gasteiger partial charge is 0.296 e. The van der Waals surface area contributed by atoms with Crippen LogP contribution in [0.2, 0.25) is 0 Å². The molecule has 2 aromatic heterocycles. The van der Waals surface area contributed by atoms with Gasteiger partial charge in [0.15, 0.2) is 5.82 Å². The minimum absolute atomic E-state index is 0.128. The van der Waals surface area contributed by atoms with Crippen molar-refractivity contribution in [1.29, 1.82) is 0 Å². The zero-order valence-electron chi connectivity index (χ0n) is 10.9. The minimum atomic E-state index is -2.84. The topological polar surface area (TPSA) is 69.6 Å². The summed E-state index contributed by atoms with van der Waals surface area (Å²) in [4.78, 5) is 11.8. The van der Waals surface area contributed by atoms with E-state index in [1.165, 1.54) is 12.1 Å². The summed E-state index contributed by atoms with van der Waals surface area (Å²) in [5.74, 6) is -0.487. The number of halogens is 3. The normalized spacial score (nSPS) is 11.5. The van der Waals surface area contributed by atoms with Gasteiger partial charge < -0.3 is 5.73 Å². The van der Waals surface area contributed by atoms with Gasteiger partial charge in [-0.05, 0) is 19.1 Å². The van der Waals surface area contributed by atoms with E-state index in [9.17, 15) is 13.2 Å². The van der Waals surface area contributed by atoms with E-state index >= 15 is 0 Å². The van der Waals surface area contributed by atoms with Crippen molar-refractivity contribution in [3.63, 3.8) is 0 Å². The maximum atomic E-state index is 13.4. The van der Waals surface area contributed by atoms with Crippen molar-refractivity contribution < 1.29 is 13.2 Å². The number of alkyl halides is 2. The quantitative estimate of drug-likeness (QED) is 0.788. The number of anilines is 1. The van der Waals surface area contributed by atoms with E-state index in [2.05, 4.69) is 15.0 Å². The number of rotatable bonds is 2. The van der Waals surface area contributed by atoms with Crippen LogP contribution in [-0.4, -0.2) is 19.5 Å². The lowest BCUT2D eigenvalue weighted by molar-refractivity contribution is 0.139. The zero-order valence-corrected chi connectivity index (χ0v) is 10.9. The van der Waals surface area contributed by atoms with Crippen molar-refractivity contribution in [3.05, 3.63) is 41.7 Å². The van der Waals surface area contributed by atoms with Gasteiger partial charge in [0, 0.05) is 12.1 Å². The van der Waals surface area contributed by atoms with E-state index in [0.717, 1.165) is 16.7 Å². The highest BCUT2D eigenvalue weighted by Crippen LogP contribution is 2.28. The monoisotopic (exact) mass is 293 g/mol. The number of benzene rings is 1. The maximum Gasteiger partial charge on any atom is 0.296 e. The summed E-state index contributed by atoms with van der Waals surface area (Å²) in [7, 11) is 0. The summed E-state index contributed by atoms with van der Waals surface area (Å²) in [5, 5.41) is 0. The van der Waals surface area contributed by atoms with Crippen molar-refractivity contribution in [2.45, 2.75) is 13.3 Å². The molecule has 0 spiro atoms. The fourth-order valence-corrected chi connectivity index (χ4v) is 2.14. The van der Waals surface area contributed by atoms with Gasteiger partial charge in [-0.2, -0.15) is 0 Å². The minimum Gasteiger partial charge on any atom is -0.384 e. The molecule has 0 aliphatic rings. The second-order valence-corrected chi connectivity index (χ2v) is 4.44. The summed E-state index contributed by atoms with van der Waals surface area (Å²) in [6.45, 7) is 1.58.